The average Bonchev–Trinajstić information content (AvgIpc) is 3.33. The van der Waals surface area contributed by atoms with E-state index in [2.05, 4.69) is 15.6 Å². The van der Waals surface area contributed by atoms with E-state index in [4.69, 9.17) is 9.47 Å². The maximum atomic E-state index is 13.1. The summed E-state index contributed by atoms with van der Waals surface area (Å²) in [7, 11) is 1.58. The lowest BCUT2D eigenvalue weighted by Gasteiger charge is -2.20. The van der Waals surface area contributed by atoms with Crippen molar-refractivity contribution in [1.82, 2.24) is 4.98 Å². The van der Waals surface area contributed by atoms with Gasteiger partial charge in [0.2, 0.25) is 5.91 Å². The molecule has 8 heteroatoms. The van der Waals surface area contributed by atoms with Gasteiger partial charge in [-0.3, -0.25) is 14.9 Å². The van der Waals surface area contributed by atoms with Crippen molar-refractivity contribution in [3.8, 4) is 17.2 Å². The number of anilines is 2. The summed E-state index contributed by atoms with van der Waals surface area (Å²) in [6.07, 6.45) is 2.45. The van der Waals surface area contributed by atoms with Crippen LogP contribution in [0.4, 0.5) is 10.8 Å². The van der Waals surface area contributed by atoms with Crippen molar-refractivity contribution >= 4 is 34.0 Å². The Morgan fingerprint density at radius 3 is 2.31 bits per heavy atom. The first-order valence-electron chi connectivity index (χ1n) is 11.7. The highest BCUT2D eigenvalue weighted by atomic mass is 32.1. The van der Waals surface area contributed by atoms with Gasteiger partial charge in [0.05, 0.1) is 18.7 Å². The molecule has 5 rings (SSSR count). The van der Waals surface area contributed by atoms with Gasteiger partial charge in [-0.15, -0.1) is 11.3 Å². The molecule has 0 radical (unpaired) electrons. The Morgan fingerprint density at radius 2 is 1.58 bits per heavy atom. The number of benzene rings is 3. The van der Waals surface area contributed by atoms with Crippen molar-refractivity contribution < 1.29 is 19.1 Å². The SMILES string of the molecule is COc1ccc(C(=O)Nc2nc3c(s2)CCCC3C(=O)Nc2ccc(Oc3ccccc3)cc2)cc1. The Morgan fingerprint density at radius 1 is 0.889 bits per heavy atom. The second kappa shape index (κ2) is 10.6. The number of fused-ring (bicyclic) bond motifs is 1. The van der Waals surface area contributed by atoms with Crippen LogP contribution < -0.4 is 20.1 Å². The predicted octanol–water partition coefficient (Wildman–Crippen LogP) is 6.25. The van der Waals surface area contributed by atoms with E-state index in [1.807, 2.05) is 54.6 Å². The number of rotatable bonds is 7. The zero-order valence-electron chi connectivity index (χ0n) is 19.7. The zero-order valence-corrected chi connectivity index (χ0v) is 20.5. The highest BCUT2D eigenvalue weighted by molar-refractivity contribution is 7.16. The Bertz CT molecular complexity index is 1350. The van der Waals surface area contributed by atoms with E-state index in [0.29, 0.717) is 34.3 Å². The number of aromatic nitrogens is 1. The number of hydrogen-bond acceptors (Lipinski definition) is 6. The Balaban J connectivity index is 1.24. The maximum Gasteiger partial charge on any atom is 0.257 e. The van der Waals surface area contributed by atoms with Crippen LogP contribution in [0.15, 0.2) is 78.9 Å². The minimum atomic E-state index is -0.364. The first-order chi connectivity index (χ1) is 17.6. The second-order valence-corrected chi connectivity index (χ2v) is 9.47. The molecule has 0 aliphatic heterocycles. The minimum absolute atomic E-state index is 0.106. The number of amides is 2. The third kappa shape index (κ3) is 5.39. The second-order valence-electron chi connectivity index (χ2n) is 8.38. The molecule has 0 bridgehead atoms. The standard InChI is InChI=1S/C28H25N3O4S/c1-34-20-14-10-18(11-15-20)26(32)31-28-30-25-23(8-5-9-24(25)36-28)27(33)29-19-12-16-22(17-13-19)35-21-6-3-2-4-7-21/h2-4,6-7,10-17,23H,5,8-9H2,1H3,(H,29,33)(H,30,31,32). The van der Waals surface area contributed by atoms with E-state index in [1.54, 1.807) is 31.4 Å². The topological polar surface area (TPSA) is 89.5 Å². The van der Waals surface area contributed by atoms with Gasteiger partial charge in [0.15, 0.2) is 5.13 Å². The van der Waals surface area contributed by atoms with Gasteiger partial charge in [-0.2, -0.15) is 0 Å². The summed E-state index contributed by atoms with van der Waals surface area (Å²) in [4.78, 5) is 31.5. The van der Waals surface area contributed by atoms with Gasteiger partial charge in [0.25, 0.3) is 5.91 Å². The summed E-state index contributed by atoms with van der Waals surface area (Å²) in [6.45, 7) is 0. The number of carbonyl (C=O) groups is 2. The molecule has 4 aromatic rings. The van der Waals surface area contributed by atoms with Crippen molar-refractivity contribution in [2.75, 3.05) is 17.7 Å². The average molecular weight is 500 g/mol. The molecule has 36 heavy (non-hydrogen) atoms. The highest BCUT2D eigenvalue weighted by Gasteiger charge is 2.30. The first kappa shape index (κ1) is 23.6. The van der Waals surface area contributed by atoms with Gasteiger partial charge >= 0.3 is 0 Å². The fourth-order valence-corrected chi connectivity index (χ4v) is 5.16. The van der Waals surface area contributed by atoms with Crippen molar-refractivity contribution in [2.45, 2.75) is 25.2 Å². The van der Waals surface area contributed by atoms with Crippen LogP contribution in [0, 0.1) is 0 Å². The molecule has 1 aliphatic rings. The van der Waals surface area contributed by atoms with Crippen LogP contribution in [0.2, 0.25) is 0 Å². The summed E-state index contributed by atoms with van der Waals surface area (Å²) in [5.74, 6) is 1.41. The first-order valence-corrected chi connectivity index (χ1v) is 12.5. The number of hydrogen-bond donors (Lipinski definition) is 2. The lowest BCUT2D eigenvalue weighted by molar-refractivity contribution is -0.117. The highest BCUT2D eigenvalue weighted by Crippen LogP contribution is 2.37. The fraction of sp³-hybridized carbons (Fsp3) is 0.179. The van der Waals surface area contributed by atoms with Gasteiger partial charge in [0.1, 0.15) is 17.2 Å². The molecule has 0 saturated carbocycles. The maximum absolute atomic E-state index is 13.1. The molecule has 7 nitrogen and oxygen atoms in total. The number of nitrogens with zero attached hydrogens (tertiary/aromatic N) is 1. The third-order valence-electron chi connectivity index (χ3n) is 5.94. The predicted molar refractivity (Wildman–Crippen MR) is 140 cm³/mol. The monoisotopic (exact) mass is 499 g/mol. The van der Waals surface area contributed by atoms with Crippen LogP contribution in [0.3, 0.4) is 0 Å². The number of aryl methyl sites for hydroxylation is 1. The molecule has 2 N–H and O–H groups in total. The van der Waals surface area contributed by atoms with E-state index >= 15 is 0 Å². The molecule has 1 atom stereocenters. The fourth-order valence-electron chi connectivity index (χ4n) is 4.10. The molecule has 1 heterocycles. The number of carbonyl (C=O) groups excluding carboxylic acids is 2. The molecule has 2 amide bonds. The van der Waals surface area contributed by atoms with Gasteiger partial charge in [-0.25, -0.2) is 4.98 Å². The molecule has 1 unspecified atom stereocenters. The summed E-state index contributed by atoms with van der Waals surface area (Å²) >= 11 is 1.43. The van der Waals surface area contributed by atoms with Crippen LogP contribution in [0.25, 0.3) is 0 Å². The van der Waals surface area contributed by atoms with Crippen molar-refractivity contribution in [1.29, 1.82) is 0 Å². The molecule has 1 aliphatic carbocycles. The van der Waals surface area contributed by atoms with E-state index in [0.717, 1.165) is 29.2 Å². The van der Waals surface area contributed by atoms with Crippen LogP contribution in [-0.4, -0.2) is 23.9 Å². The zero-order chi connectivity index (χ0) is 24.9. The molecule has 182 valence electrons. The summed E-state index contributed by atoms with van der Waals surface area (Å²) < 4.78 is 11.0. The molecular formula is C28H25N3O4S. The molecule has 0 fully saturated rings. The van der Waals surface area contributed by atoms with Crippen molar-refractivity contribution in [3.63, 3.8) is 0 Å². The number of para-hydroxylation sites is 1. The van der Waals surface area contributed by atoms with E-state index in [1.165, 1.54) is 11.3 Å². The third-order valence-corrected chi connectivity index (χ3v) is 6.99. The molecule has 1 aromatic heterocycles. The quantitative estimate of drug-likeness (QED) is 0.313. The Labute approximate surface area is 213 Å². The van der Waals surface area contributed by atoms with Crippen LogP contribution >= 0.6 is 11.3 Å². The molecule has 0 spiro atoms. The van der Waals surface area contributed by atoms with Gasteiger partial charge < -0.3 is 14.8 Å². The van der Waals surface area contributed by atoms with E-state index in [-0.39, 0.29) is 17.7 Å². The van der Waals surface area contributed by atoms with Crippen LogP contribution in [-0.2, 0) is 11.2 Å². The Kier molecular flexibility index (Phi) is 6.95. The smallest absolute Gasteiger partial charge is 0.257 e. The molecular weight excluding hydrogens is 474 g/mol. The summed E-state index contributed by atoms with van der Waals surface area (Å²) in [5.41, 5.74) is 1.95. The normalized spacial score (nSPS) is 14.4. The summed E-state index contributed by atoms with van der Waals surface area (Å²) in [5, 5.41) is 6.37. The largest absolute Gasteiger partial charge is 0.497 e. The Hall–Kier alpha value is -4.17. The summed E-state index contributed by atoms with van der Waals surface area (Å²) in [6, 6.07) is 23.7. The molecule has 3 aromatic carbocycles. The van der Waals surface area contributed by atoms with Crippen LogP contribution in [0.5, 0.6) is 17.2 Å². The van der Waals surface area contributed by atoms with Gasteiger partial charge in [-0.05, 0) is 79.9 Å². The van der Waals surface area contributed by atoms with Gasteiger partial charge in [0, 0.05) is 16.1 Å². The lowest BCUT2D eigenvalue weighted by Crippen LogP contribution is -2.24. The van der Waals surface area contributed by atoms with Crippen molar-refractivity contribution in [2.24, 2.45) is 0 Å². The number of nitrogens with one attached hydrogen (secondary N) is 2. The minimum Gasteiger partial charge on any atom is -0.497 e. The number of ether oxygens (including phenoxy) is 2. The van der Waals surface area contributed by atoms with E-state index < -0.39 is 0 Å². The van der Waals surface area contributed by atoms with Crippen LogP contribution in [0.1, 0.15) is 39.7 Å². The number of methoxy groups -OCH3 is 1. The lowest BCUT2D eigenvalue weighted by atomic mass is 9.90. The van der Waals surface area contributed by atoms with Crippen molar-refractivity contribution in [3.05, 3.63) is 95.0 Å². The number of thiazole rings is 1. The van der Waals surface area contributed by atoms with E-state index in [9.17, 15) is 9.59 Å². The molecule has 0 saturated heterocycles. The van der Waals surface area contributed by atoms with Gasteiger partial charge in [-0.1, -0.05) is 18.2 Å².